The molecule has 3 heteroatoms. The zero-order valence-corrected chi connectivity index (χ0v) is 9.56. The van der Waals surface area contributed by atoms with Crippen LogP contribution in [-0.2, 0) is 6.42 Å². The van der Waals surface area contributed by atoms with Crippen molar-refractivity contribution in [2.24, 2.45) is 0 Å². The van der Waals surface area contributed by atoms with E-state index in [4.69, 9.17) is 0 Å². The van der Waals surface area contributed by atoms with Gasteiger partial charge in [-0.3, -0.25) is 0 Å². The number of aromatic nitrogens is 2. The highest BCUT2D eigenvalue weighted by atomic mass is 15.3. The van der Waals surface area contributed by atoms with Gasteiger partial charge in [-0.2, -0.15) is 5.10 Å². The van der Waals surface area contributed by atoms with E-state index in [-0.39, 0.29) is 0 Å². The van der Waals surface area contributed by atoms with E-state index >= 15 is 0 Å². The van der Waals surface area contributed by atoms with Gasteiger partial charge in [0.15, 0.2) is 0 Å². The molecule has 0 bridgehead atoms. The SMILES string of the molecule is CCNCCc1ccnn1-c1ccccc1. The maximum absolute atomic E-state index is 4.35. The zero-order valence-electron chi connectivity index (χ0n) is 9.56. The molecule has 1 N–H and O–H groups in total. The Hall–Kier alpha value is -1.61. The van der Waals surface area contributed by atoms with E-state index in [1.165, 1.54) is 5.69 Å². The summed E-state index contributed by atoms with van der Waals surface area (Å²) in [5.41, 5.74) is 2.37. The molecular weight excluding hydrogens is 198 g/mol. The van der Waals surface area contributed by atoms with Crippen molar-refractivity contribution in [1.82, 2.24) is 15.1 Å². The summed E-state index contributed by atoms with van der Waals surface area (Å²) < 4.78 is 2.00. The average Bonchev–Trinajstić information content (AvgIpc) is 2.79. The topological polar surface area (TPSA) is 29.9 Å². The van der Waals surface area contributed by atoms with E-state index in [0.717, 1.165) is 25.2 Å². The van der Waals surface area contributed by atoms with E-state index in [1.54, 1.807) is 0 Å². The summed E-state index contributed by atoms with van der Waals surface area (Å²) >= 11 is 0. The lowest BCUT2D eigenvalue weighted by Gasteiger charge is -2.07. The van der Waals surface area contributed by atoms with Crippen LogP contribution < -0.4 is 5.32 Å². The van der Waals surface area contributed by atoms with Crippen LogP contribution in [0.1, 0.15) is 12.6 Å². The standard InChI is InChI=1S/C13H17N3/c1-2-14-10-8-13-9-11-15-16(13)12-6-4-3-5-7-12/h3-7,9,11,14H,2,8,10H2,1H3. The minimum atomic E-state index is 0.995. The van der Waals surface area contributed by atoms with Crippen LogP contribution in [0, 0.1) is 0 Å². The van der Waals surface area contributed by atoms with Crippen LogP contribution in [0.3, 0.4) is 0 Å². The molecular formula is C13H17N3. The van der Waals surface area contributed by atoms with Crippen molar-refractivity contribution in [2.45, 2.75) is 13.3 Å². The molecule has 0 radical (unpaired) electrons. The molecule has 84 valence electrons. The van der Waals surface area contributed by atoms with Crippen molar-refractivity contribution in [2.75, 3.05) is 13.1 Å². The third-order valence-electron chi connectivity index (χ3n) is 2.53. The van der Waals surface area contributed by atoms with Crippen molar-refractivity contribution in [3.8, 4) is 5.69 Å². The molecule has 2 rings (SSSR count). The number of para-hydroxylation sites is 1. The van der Waals surface area contributed by atoms with Crippen molar-refractivity contribution in [3.63, 3.8) is 0 Å². The third-order valence-corrected chi connectivity index (χ3v) is 2.53. The molecule has 0 aliphatic heterocycles. The molecule has 0 spiro atoms. The number of rotatable bonds is 5. The Morgan fingerprint density at radius 2 is 2.00 bits per heavy atom. The smallest absolute Gasteiger partial charge is 0.0648 e. The van der Waals surface area contributed by atoms with Crippen LogP contribution in [0.15, 0.2) is 42.6 Å². The van der Waals surface area contributed by atoms with Crippen LogP contribution in [0.25, 0.3) is 5.69 Å². The summed E-state index contributed by atoms with van der Waals surface area (Å²) in [6.07, 6.45) is 2.86. The molecule has 0 unspecified atom stereocenters. The predicted molar refractivity (Wildman–Crippen MR) is 65.8 cm³/mol. The van der Waals surface area contributed by atoms with Gasteiger partial charge in [0.2, 0.25) is 0 Å². The fourth-order valence-corrected chi connectivity index (χ4v) is 1.71. The Bertz CT molecular complexity index is 420. The highest BCUT2D eigenvalue weighted by Gasteiger charge is 2.03. The molecule has 1 heterocycles. The molecule has 0 saturated carbocycles. The molecule has 2 aromatic rings. The molecule has 0 aliphatic rings. The molecule has 0 atom stereocenters. The van der Waals surface area contributed by atoms with E-state index in [2.05, 4.69) is 35.5 Å². The van der Waals surface area contributed by atoms with Crippen molar-refractivity contribution in [1.29, 1.82) is 0 Å². The zero-order chi connectivity index (χ0) is 11.2. The lowest BCUT2D eigenvalue weighted by Crippen LogP contribution is -2.17. The van der Waals surface area contributed by atoms with Gasteiger partial charge in [-0.1, -0.05) is 25.1 Å². The van der Waals surface area contributed by atoms with E-state index in [0.29, 0.717) is 0 Å². The fraction of sp³-hybridized carbons (Fsp3) is 0.308. The second-order valence-electron chi connectivity index (χ2n) is 3.67. The Kier molecular flexibility index (Phi) is 3.72. The van der Waals surface area contributed by atoms with Gasteiger partial charge in [0.05, 0.1) is 5.69 Å². The van der Waals surface area contributed by atoms with Crippen molar-refractivity contribution in [3.05, 3.63) is 48.3 Å². The summed E-state index contributed by atoms with van der Waals surface area (Å²) in [6.45, 7) is 4.13. The van der Waals surface area contributed by atoms with Crippen molar-refractivity contribution >= 4 is 0 Å². The molecule has 16 heavy (non-hydrogen) atoms. The molecule has 3 nitrogen and oxygen atoms in total. The Balaban J connectivity index is 2.13. The number of hydrogen-bond acceptors (Lipinski definition) is 2. The lowest BCUT2D eigenvalue weighted by molar-refractivity contribution is 0.688. The van der Waals surface area contributed by atoms with Gasteiger partial charge in [-0.25, -0.2) is 4.68 Å². The second kappa shape index (κ2) is 5.47. The number of nitrogens with zero attached hydrogens (tertiary/aromatic N) is 2. The maximum Gasteiger partial charge on any atom is 0.0648 e. The Morgan fingerprint density at radius 3 is 2.75 bits per heavy atom. The van der Waals surface area contributed by atoms with Gasteiger partial charge in [0.25, 0.3) is 0 Å². The maximum atomic E-state index is 4.35. The van der Waals surface area contributed by atoms with Crippen LogP contribution >= 0.6 is 0 Å². The summed E-state index contributed by atoms with van der Waals surface area (Å²) in [5, 5.41) is 7.68. The van der Waals surface area contributed by atoms with Crippen LogP contribution in [0.4, 0.5) is 0 Å². The second-order valence-corrected chi connectivity index (χ2v) is 3.67. The minimum Gasteiger partial charge on any atom is -0.317 e. The first-order valence-electron chi connectivity index (χ1n) is 5.71. The Labute approximate surface area is 96.1 Å². The molecule has 0 aliphatic carbocycles. The van der Waals surface area contributed by atoms with E-state index < -0.39 is 0 Å². The van der Waals surface area contributed by atoms with Gasteiger partial charge < -0.3 is 5.32 Å². The summed E-state index contributed by atoms with van der Waals surface area (Å²) in [5.74, 6) is 0. The first-order chi connectivity index (χ1) is 7.92. The van der Waals surface area contributed by atoms with E-state index in [1.807, 2.05) is 29.1 Å². The highest BCUT2D eigenvalue weighted by Crippen LogP contribution is 2.09. The largest absolute Gasteiger partial charge is 0.317 e. The molecule has 0 amide bonds. The summed E-state index contributed by atoms with van der Waals surface area (Å²) in [6, 6.07) is 12.3. The van der Waals surface area contributed by atoms with Crippen LogP contribution in [-0.4, -0.2) is 22.9 Å². The van der Waals surface area contributed by atoms with E-state index in [9.17, 15) is 0 Å². The summed E-state index contributed by atoms with van der Waals surface area (Å²) in [4.78, 5) is 0. The molecule has 1 aromatic heterocycles. The normalized spacial score (nSPS) is 10.6. The first kappa shape index (κ1) is 10.9. The first-order valence-corrected chi connectivity index (χ1v) is 5.71. The average molecular weight is 215 g/mol. The van der Waals surface area contributed by atoms with Crippen LogP contribution in [0.5, 0.6) is 0 Å². The van der Waals surface area contributed by atoms with Gasteiger partial charge in [-0.15, -0.1) is 0 Å². The van der Waals surface area contributed by atoms with Gasteiger partial charge in [-0.05, 0) is 24.7 Å². The highest BCUT2D eigenvalue weighted by molar-refractivity contribution is 5.32. The Morgan fingerprint density at radius 1 is 1.19 bits per heavy atom. The molecule has 1 aromatic carbocycles. The number of hydrogen-bond donors (Lipinski definition) is 1. The van der Waals surface area contributed by atoms with Crippen molar-refractivity contribution < 1.29 is 0 Å². The summed E-state index contributed by atoms with van der Waals surface area (Å²) in [7, 11) is 0. The number of nitrogens with one attached hydrogen (secondary N) is 1. The van der Waals surface area contributed by atoms with Gasteiger partial charge >= 0.3 is 0 Å². The van der Waals surface area contributed by atoms with Gasteiger partial charge in [0.1, 0.15) is 0 Å². The lowest BCUT2D eigenvalue weighted by atomic mass is 10.2. The third kappa shape index (κ3) is 2.49. The molecule has 0 saturated heterocycles. The molecule has 0 fully saturated rings. The fourth-order valence-electron chi connectivity index (χ4n) is 1.71. The predicted octanol–water partition coefficient (Wildman–Crippen LogP) is 2.02. The number of likely N-dealkylation sites (N-methyl/N-ethyl adjacent to an activating group) is 1. The quantitative estimate of drug-likeness (QED) is 0.773. The van der Waals surface area contributed by atoms with Gasteiger partial charge in [0, 0.05) is 24.9 Å². The number of benzene rings is 1. The monoisotopic (exact) mass is 215 g/mol. The van der Waals surface area contributed by atoms with Crippen LogP contribution in [0.2, 0.25) is 0 Å². The minimum absolute atomic E-state index is 0.995.